The van der Waals surface area contributed by atoms with Gasteiger partial charge in [0.2, 0.25) is 0 Å². The molecule has 0 spiro atoms. The molecule has 0 aliphatic heterocycles. The van der Waals surface area contributed by atoms with Crippen molar-refractivity contribution in [2.24, 2.45) is 0 Å². The second kappa shape index (κ2) is 5.95. The first-order valence-electron chi connectivity index (χ1n) is 4.98. The zero-order valence-corrected chi connectivity index (χ0v) is 12.5. The Morgan fingerprint density at radius 2 is 1.85 bits per heavy atom. The monoisotopic (exact) mass is 284 g/mol. The molecule has 0 saturated heterocycles. The molecule has 13 heavy (non-hydrogen) atoms. The molecule has 0 nitrogen and oxygen atoms in total. The summed E-state index contributed by atoms with van der Waals surface area (Å²) in [5.74, 6) is 1.84. The van der Waals surface area contributed by atoms with Gasteiger partial charge in [-0.3, -0.25) is 0 Å². The first-order chi connectivity index (χ1) is 5.91. The van der Waals surface area contributed by atoms with Crippen molar-refractivity contribution in [3.8, 4) is 0 Å². The van der Waals surface area contributed by atoms with E-state index in [0.29, 0.717) is 0 Å². The van der Waals surface area contributed by atoms with Gasteiger partial charge in [-0.05, 0) is 0 Å². The van der Waals surface area contributed by atoms with Crippen LogP contribution in [0.1, 0.15) is 26.7 Å². The Labute approximate surface area is 88.8 Å². The Morgan fingerprint density at radius 1 is 1.31 bits per heavy atom. The van der Waals surface area contributed by atoms with Gasteiger partial charge in [-0.2, -0.15) is 0 Å². The van der Waals surface area contributed by atoms with E-state index in [1.165, 1.54) is 9.16 Å². The number of allylic oxidation sites excluding steroid dienone is 3. The summed E-state index contributed by atoms with van der Waals surface area (Å²) in [6, 6.07) is 0. The first kappa shape index (κ1) is 13.3. The van der Waals surface area contributed by atoms with Crippen LogP contribution in [0.4, 0.5) is 0 Å². The van der Waals surface area contributed by atoms with E-state index in [-0.39, 0.29) is 0 Å². The van der Waals surface area contributed by atoms with Crippen LogP contribution < -0.4 is 0 Å². The third-order valence-electron chi connectivity index (χ3n) is 2.39. The number of hydrogen-bond acceptors (Lipinski definition) is 0. The number of rotatable bonds is 4. The molecule has 0 N–H and O–H groups in total. The van der Waals surface area contributed by atoms with E-state index in [1.807, 2.05) is 5.98 Å². The zero-order valence-electron chi connectivity index (χ0n) is 9.65. The SMILES string of the molecule is [B]/C=[C](/CC=C(C)CC)[Sn]([CH3])([CH3])[CH3]. The predicted octanol–water partition coefficient (Wildman–Crippen LogP) is 3.66. The molecule has 0 aliphatic rings. The average Bonchev–Trinajstić information content (AvgIpc) is 2.02. The molecule has 0 heterocycles. The molecule has 0 aliphatic carbocycles. The maximum atomic E-state index is 5.65. The van der Waals surface area contributed by atoms with Gasteiger partial charge in [0.05, 0.1) is 0 Å². The summed E-state index contributed by atoms with van der Waals surface area (Å²) in [5.41, 5.74) is 1.47. The van der Waals surface area contributed by atoms with Gasteiger partial charge < -0.3 is 0 Å². The molecular formula is C11H21BSn. The van der Waals surface area contributed by atoms with Gasteiger partial charge in [-0.15, -0.1) is 0 Å². The van der Waals surface area contributed by atoms with Crippen LogP contribution in [-0.4, -0.2) is 26.2 Å². The molecule has 0 saturated carbocycles. The molecule has 0 bridgehead atoms. The summed E-state index contributed by atoms with van der Waals surface area (Å²) in [5, 5.41) is 0. The predicted molar refractivity (Wildman–Crippen MR) is 65.8 cm³/mol. The summed E-state index contributed by atoms with van der Waals surface area (Å²) in [7, 11) is 5.65. The van der Waals surface area contributed by atoms with Gasteiger partial charge in [-0.25, -0.2) is 0 Å². The van der Waals surface area contributed by atoms with Crippen LogP contribution >= 0.6 is 0 Å². The van der Waals surface area contributed by atoms with Gasteiger partial charge in [0, 0.05) is 0 Å². The molecule has 0 atom stereocenters. The van der Waals surface area contributed by atoms with Crippen LogP contribution in [0.5, 0.6) is 0 Å². The third kappa shape index (κ3) is 5.61. The van der Waals surface area contributed by atoms with Crippen molar-refractivity contribution in [2.75, 3.05) is 0 Å². The van der Waals surface area contributed by atoms with E-state index in [0.717, 1.165) is 12.8 Å². The molecule has 0 aromatic rings. The standard InChI is InChI=1S/C8H12B.3CH3.Sn/c1-3-8(2)6-4-5-7-9;;;;/h6-7H,3-4H2,1-2H3;3*1H3;. The summed E-state index contributed by atoms with van der Waals surface area (Å²) in [6.45, 7) is 4.38. The molecule has 0 amide bonds. The minimum absolute atomic E-state index is 1.08. The molecule has 0 rings (SSSR count). The van der Waals surface area contributed by atoms with Crippen molar-refractivity contribution >= 4 is 26.2 Å². The Kier molecular flexibility index (Phi) is 6.10. The molecular weight excluding hydrogens is 262 g/mol. The van der Waals surface area contributed by atoms with Crippen molar-refractivity contribution in [1.82, 2.24) is 0 Å². The van der Waals surface area contributed by atoms with Crippen molar-refractivity contribution < 1.29 is 0 Å². The summed E-state index contributed by atoms with van der Waals surface area (Å²) < 4.78 is 1.52. The molecule has 0 aromatic carbocycles. The van der Waals surface area contributed by atoms with Crippen LogP contribution in [0.3, 0.4) is 0 Å². The van der Waals surface area contributed by atoms with Gasteiger partial charge in [0.25, 0.3) is 0 Å². The maximum absolute atomic E-state index is 5.65. The van der Waals surface area contributed by atoms with Gasteiger partial charge in [0.15, 0.2) is 0 Å². The van der Waals surface area contributed by atoms with Crippen molar-refractivity contribution in [3.63, 3.8) is 0 Å². The fraction of sp³-hybridized carbons (Fsp3) is 0.636. The molecule has 2 heteroatoms. The third-order valence-corrected chi connectivity index (χ3v) is 8.95. The van der Waals surface area contributed by atoms with Gasteiger partial charge in [0.1, 0.15) is 0 Å². The van der Waals surface area contributed by atoms with E-state index in [4.69, 9.17) is 7.85 Å². The van der Waals surface area contributed by atoms with Crippen LogP contribution in [0.25, 0.3) is 0 Å². The Bertz CT molecular complexity index is 209. The van der Waals surface area contributed by atoms with Crippen molar-refractivity contribution in [2.45, 2.75) is 41.5 Å². The Morgan fingerprint density at radius 3 is 2.15 bits per heavy atom. The second-order valence-electron chi connectivity index (χ2n) is 4.55. The topological polar surface area (TPSA) is 0 Å². The van der Waals surface area contributed by atoms with E-state index in [2.05, 4.69) is 34.7 Å². The fourth-order valence-corrected chi connectivity index (χ4v) is 4.52. The van der Waals surface area contributed by atoms with Crippen molar-refractivity contribution in [1.29, 1.82) is 0 Å². The molecule has 0 unspecified atom stereocenters. The summed E-state index contributed by atoms with van der Waals surface area (Å²) in [4.78, 5) is 7.22. The van der Waals surface area contributed by atoms with E-state index >= 15 is 0 Å². The average molecular weight is 283 g/mol. The van der Waals surface area contributed by atoms with Crippen LogP contribution in [0, 0.1) is 0 Å². The van der Waals surface area contributed by atoms with Crippen LogP contribution in [0.2, 0.25) is 14.8 Å². The molecule has 0 aromatic heterocycles. The van der Waals surface area contributed by atoms with Gasteiger partial charge in [-0.1, -0.05) is 0 Å². The fourth-order valence-electron chi connectivity index (χ4n) is 1.05. The van der Waals surface area contributed by atoms with Crippen LogP contribution in [0.15, 0.2) is 21.2 Å². The van der Waals surface area contributed by atoms with E-state index < -0.39 is 18.4 Å². The number of hydrogen-bond donors (Lipinski definition) is 0. The van der Waals surface area contributed by atoms with E-state index in [1.54, 1.807) is 0 Å². The first-order valence-corrected chi connectivity index (χ1v) is 15.0. The molecule has 2 radical (unpaired) electrons. The normalized spacial score (nSPS) is 14.8. The summed E-state index contributed by atoms with van der Waals surface area (Å²) >= 11 is -1.88. The molecule has 72 valence electrons. The summed E-state index contributed by atoms with van der Waals surface area (Å²) in [6.07, 6.45) is 4.55. The van der Waals surface area contributed by atoms with E-state index in [9.17, 15) is 0 Å². The minimum atomic E-state index is -1.88. The zero-order chi connectivity index (χ0) is 10.5. The van der Waals surface area contributed by atoms with Crippen molar-refractivity contribution in [3.05, 3.63) is 21.2 Å². The molecule has 0 fully saturated rings. The Balaban J connectivity index is 4.35. The Hall–Kier alpha value is 0.344. The van der Waals surface area contributed by atoms with Gasteiger partial charge >= 0.3 is 88.9 Å². The second-order valence-corrected chi connectivity index (χ2v) is 19.2. The quantitative estimate of drug-likeness (QED) is 0.545. The van der Waals surface area contributed by atoms with Crippen LogP contribution in [-0.2, 0) is 0 Å².